The lowest BCUT2D eigenvalue weighted by atomic mass is 9.95. The average Bonchev–Trinajstić information content (AvgIpc) is 2.89. The molecule has 0 radical (unpaired) electrons. The van der Waals surface area contributed by atoms with Gasteiger partial charge in [-0.3, -0.25) is 4.98 Å². The fourth-order valence-electron chi connectivity index (χ4n) is 3.02. The Bertz CT molecular complexity index is 1030. The van der Waals surface area contributed by atoms with Crippen LogP contribution >= 0.6 is 0 Å². The average molecular weight is 393 g/mol. The van der Waals surface area contributed by atoms with Crippen LogP contribution in [-0.2, 0) is 16.0 Å². The van der Waals surface area contributed by atoms with Crippen LogP contribution in [0.25, 0.3) is 11.1 Å². The normalized spacial score (nSPS) is 16.8. The highest BCUT2D eigenvalue weighted by Gasteiger charge is 2.32. The summed E-state index contributed by atoms with van der Waals surface area (Å²) in [7, 11) is -3.30. The van der Waals surface area contributed by atoms with Gasteiger partial charge in [-0.05, 0) is 34.9 Å². The van der Waals surface area contributed by atoms with Crippen molar-refractivity contribution in [1.29, 1.82) is 0 Å². The summed E-state index contributed by atoms with van der Waals surface area (Å²) < 4.78 is 61.6. The van der Waals surface area contributed by atoms with E-state index in [2.05, 4.69) is 4.98 Å². The number of benzene rings is 1. The third-order valence-corrected chi connectivity index (χ3v) is 5.41. The van der Waals surface area contributed by atoms with Crippen molar-refractivity contribution < 1.29 is 21.6 Å². The quantitative estimate of drug-likeness (QED) is 0.736. The molecule has 27 heavy (non-hydrogen) atoms. The van der Waals surface area contributed by atoms with Crippen LogP contribution in [0, 0.1) is 5.41 Å². The molecule has 142 valence electrons. The van der Waals surface area contributed by atoms with E-state index in [9.17, 15) is 21.6 Å². The summed E-state index contributed by atoms with van der Waals surface area (Å²) in [6.07, 6.45) is 1.85. The van der Waals surface area contributed by atoms with Crippen LogP contribution in [0.3, 0.4) is 0 Å². The zero-order chi connectivity index (χ0) is 20.0. The van der Waals surface area contributed by atoms with Gasteiger partial charge in [0.15, 0.2) is 9.84 Å². The van der Waals surface area contributed by atoms with E-state index >= 15 is 0 Å². The maximum atomic E-state index is 12.8. The number of hydrogen-bond acceptors (Lipinski definition) is 3. The molecule has 0 saturated carbocycles. The number of pyridine rings is 1. The van der Waals surface area contributed by atoms with Crippen LogP contribution in [-0.4, -0.2) is 19.7 Å². The van der Waals surface area contributed by atoms with Gasteiger partial charge < -0.3 is 0 Å². The molecule has 0 bridgehead atoms. The predicted octanol–water partition coefficient (Wildman–Crippen LogP) is 5.01. The second kappa shape index (κ2) is 6.34. The molecule has 7 heteroatoms. The lowest BCUT2D eigenvalue weighted by molar-refractivity contribution is -0.141. The van der Waals surface area contributed by atoms with Crippen molar-refractivity contribution in [3.05, 3.63) is 71.6 Å². The molecule has 1 aromatic carbocycles. The second-order valence-electron chi connectivity index (χ2n) is 7.16. The van der Waals surface area contributed by atoms with E-state index in [0.29, 0.717) is 5.56 Å². The predicted molar refractivity (Wildman–Crippen MR) is 98.5 cm³/mol. The fraction of sp³-hybridized carbons (Fsp3) is 0.250. The SMILES string of the molecule is CC1(C)C=C(c2ccc(S(C)(=O)=O)cc2)C(c2ccc(C(F)(F)F)nc2)=C1. The lowest BCUT2D eigenvalue weighted by Crippen LogP contribution is -2.07. The Morgan fingerprint density at radius 1 is 0.889 bits per heavy atom. The Balaban J connectivity index is 2.01. The number of sulfone groups is 1. The Hall–Kier alpha value is -2.41. The summed E-state index contributed by atoms with van der Waals surface area (Å²) in [4.78, 5) is 3.76. The standard InChI is InChI=1S/C20H18F3NO2S/c1-19(2)10-16(13-4-7-15(8-5-13)27(3,25)26)17(11-19)14-6-9-18(24-12-14)20(21,22)23/h4-12H,1-3H3. The lowest BCUT2D eigenvalue weighted by Gasteiger charge is -2.11. The topological polar surface area (TPSA) is 47.0 Å². The van der Waals surface area contributed by atoms with Crippen LogP contribution in [0.2, 0.25) is 0 Å². The molecule has 0 saturated heterocycles. The molecule has 1 aliphatic carbocycles. The summed E-state index contributed by atoms with van der Waals surface area (Å²) >= 11 is 0. The van der Waals surface area contributed by atoms with Crippen LogP contribution in [0.1, 0.15) is 30.7 Å². The first-order valence-corrected chi connectivity index (χ1v) is 10.1. The molecule has 3 nitrogen and oxygen atoms in total. The van der Waals surface area contributed by atoms with Gasteiger partial charge in [0, 0.05) is 23.4 Å². The summed E-state index contributed by atoms with van der Waals surface area (Å²) in [5.41, 5.74) is 1.75. The molecule has 0 aliphatic heterocycles. The maximum Gasteiger partial charge on any atom is 0.433 e. The van der Waals surface area contributed by atoms with Crippen molar-refractivity contribution in [3.63, 3.8) is 0 Å². The number of nitrogens with zero attached hydrogens (tertiary/aromatic N) is 1. The van der Waals surface area contributed by atoms with Gasteiger partial charge in [-0.15, -0.1) is 0 Å². The molecule has 1 aliphatic rings. The molecule has 1 aromatic heterocycles. The fourth-order valence-corrected chi connectivity index (χ4v) is 3.65. The van der Waals surface area contributed by atoms with E-state index in [1.165, 1.54) is 24.4 Å². The van der Waals surface area contributed by atoms with E-state index in [4.69, 9.17) is 0 Å². The van der Waals surface area contributed by atoms with Gasteiger partial charge in [-0.2, -0.15) is 13.2 Å². The highest BCUT2D eigenvalue weighted by molar-refractivity contribution is 7.90. The van der Waals surface area contributed by atoms with Crippen LogP contribution in [0.5, 0.6) is 0 Å². The van der Waals surface area contributed by atoms with Crippen molar-refractivity contribution in [2.45, 2.75) is 24.9 Å². The molecule has 0 amide bonds. The van der Waals surface area contributed by atoms with Crippen molar-refractivity contribution in [1.82, 2.24) is 4.98 Å². The van der Waals surface area contributed by atoms with Gasteiger partial charge >= 0.3 is 6.18 Å². The summed E-state index contributed by atoms with van der Waals surface area (Å²) in [5, 5.41) is 0. The van der Waals surface area contributed by atoms with Gasteiger partial charge in [-0.1, -0.05) is 44.2 Å². The minimum absolute atomic E-state index is 0.214. The first-order chi connectivity index (χ1) is 12.4. The van der Waals surface area contributed by atoms with Crippen LogP contribution in [0.4, 0.5) is 13.2 Å². The summed E-state index contributed by atoms with van der Waals surface area (Å²) in [5.74, 6) is 0. The van der Waals surface area contributed by atoms with Gasteiger partial charge in [0.25, 0.3) is 0 Å². The zero-order valence-electron chi connectivity index (χ0n) is 15.0. The van der Waals surface area contributed by atoms with Crippen LogP contribution in [0.15, 0.2) is 59.6 Å². The van der Waals surface area contributed by atoms with Crippen molar-refractivity contribution in [2.24, 2.45) is 5.41 Å². The van der Waals surface area contributed by atoms with E-state index in [1.807, 2.05) is 26.0 Å². The van der Waals surface area contributed by atoms with E-state index in [1.54, 1.807) is 12.1 Å². The Morgan fingerprint density at radius 3 is 1.85 bits per heavy atom. The second-order valence-corrected chi connectivity index (χ2v) is 9.18. The van der Waals surface area contributed by atoms with Gasteiger partial charge in [0.1, 0.15) is 5.69 Å². The van der Waals surface area contributed by atoms with Crippen LogP contribution < -0.4 is 0 Å². The molecule has 0 unspecified atom stereocenters. The van der Waals surface area contributed by atoms with E-state index in [0.717, 1.165) is 29.0 Å². The third-order valence-electron chi connectivity index (χ3n) is 4.28. The molecule has 2 aromatic rings. The van der Waals surface area contributed by atoms with Gasteiger partial charge in [0.05, 0.1) is 4.90 Å². The number of aromatic nitrogens is 1. The highest BCUT2D eigenvalue weighted by Crippen LogP contribution is 2.44. The van der Waals surface area contributed by atoms with E-state index in [-0.39, 0.29) is 10.3 Å². The first-order valence-electron chi connectivity index (χ1n) is 8.17. The Kier molecular flexibility index (Phi) is 4.54. The van der Waals surface area contributed by atoms with Crippen molar-refractivity contribution in [2.75, 3.05) is 6.26 Å². The molecule has 0 atom stereocenters. The molecule has 0 fully saturated rings. The van der Waals surface area contributed by atoms with Gasteiger partial charge in [-0.25, -0.2) is 8.42 Å². The number of hydrogen-bond donors (Lipinski definition) is 0. The maximum absolute atomic E-state index is 12.8. The molecule has 1 heterocycles. The number of rotatable bonds is 3. The highest BCUT2D eigenvalue weighted by atomic mass is 32.2. The first kappa shape index (κ1) is 19.4. The number of halogens is 3. The minimum atomic E-state index is -4.48. The molecule has 0 N–H and O–H groups in total. The molecule has 0 spiro atoms. The van der Waals surface area contributed by atoms with Gasteiger partial charge in [0.2, 0.25) is 0 Å². The number of alkyl halides is 3. The Labute approximate surface area is 156 Å². The largest absolute Gasteiger partial charge is 0.433 e. The molecule has 3 rings (SSSR count). The van der Waals surface area contributed by atoms with Crippen molar-refractivity contribution in [3.8, 4) is 0 Å². The minimum Gasteiger partial charge on any atom is -0.251 e. The molecular formula is C20H18F3NO2S. The third kappa shape index (κ3) is 4.13. The van der Waals surface area contributed by atoms with Crippen molar-refractivity contribution >= 4 is 21.0 Å². The summed E-state index contributed by atoms with van der Waals surface area (Å²) in [6.45, 7) is 3.98. The molecular weight excluding hydrogens is 375 g/mol. The Morgan fingerprint density at radius 2 is 1.41 bits per heavy atom. The smallest absolute Gasteiger partial charge is 0.251 e. The monoisotopic (exact) mass is 393 g/mol. The van der Waals surface area contributed by atoms with E-state index < -0.39 is 21.7 Å². The number of allylic oxidation sites excluding steroid dienone is 4. The zero-order valence-corrected chi connectivity index (χ0v) is 15.8. The summed E-state index contributed by atoms with van der Waals surface area (Å²) in [6, 6.07) is 8.83.